The highest BCUT2D eigenvalue weighted by molar-refractivity contribution is 5.50. The van der Waals surface area contributed by atoms with Gasteiger partial charge >= 0.3 is 0 Å². The molecular weight excluding hydrogens is 170 g/mol. The van der Waals surface area contributed by atoms with Crippen molar-refractivity contribution in [1.29, 1.82) is 0 Å². The number of nitrogens with one attached hydrogen (secondary N) is 1. The molecule has 0 saturated heterocycles. The Morgan fingerprint density at radius 2 is 1.86 bits per heavy atom. The fourth-order valence-electron chi connectivity index (χ4n) is 1.72. The molecule has 0 fully saturated rings. The van der Waals surface area contributed by atoms with E-state index in [-0.39, 0.29) is 0 Å². The topological polar surface area (TPSA) is 12.0 Å². The third-order valence-electron chi connectivity index (χ3n) is 2.59. The number of para-hydroxylation sites is 1. The summed E-state index contributed by atoms with van der Waals surface area (Å²) in [6.45, 7) is 2.25. The molecule has 0 amide bonds. The maximum absolute atomic E-state index is 3.24. The van der Waals surface area contributed by atoms with E-state index in [1.165, 1.54) is 43.4 Å². The van der Waals surface area contributed by atoms with Gasteiger partial charge in [-0.3, -0.25) is 0 Å². The van der Waals surface area contributed by atoms with E-state index in [9.17, 15) is 0 Å². The van der Waals surface area contributed by atoms with Crippen LogP contribution < -0.4 is 5.32 Å². The Kier molecular flexibility index (Phi) is 5.13. The largest absolute Gasteiger partial charge is 0.388 e. The molecule has 1 heteroatoms. The molecule has 0 bridgehead atoms. The summed E-state index contributed by atoms with van der Waals surface area (Å²) in [4.78, 5) is 0. The molecule has 78 valence electrons. The van der Waals surface area contributed by atoms with Crippen molar-refractivity contribution in [2.24, 2.45) is 0 Å². The van der Waals surface area contributed by atoms with Gasteiger partial charge in [-0.25, -0.2) is 0 Å². The molecule has 0 radical (unpaired) electrons. The van der Waals surface area contributed by atoms with Crippen LogP contribution in [0.25, 0.3) is 0 Å². The maximum Gasteiger partial charge on any atom is 0.0370 e. The zero-order valence-electron chi connectivity index (χ0n) is 9.34. The average molecular weight is 191 g/mol. The van der Waals surface area contributed by atoms with Crippen molar-refractivity contribution in [2.75, 3.05) is 12.4 Å². The molecular formula is C13H21N. The molecule has 1 nitrogen and oxygen atoms in total. The lowest BCUT2D eigenvalue weighted by Gasteiger charge is -2.08. The number of unbranched alkanes of at least 4 members (excludes halogenated alkanes) is 3. The fourth-order valence-corrected chi connectivity index (χ4v) is 1.72. The summed E-state index contributed by atoms with van der Waals surface area (Å²) in [6, 6.07) is 8.57. The number of aryl methyl sites for hydroxylation is 1. The Labute approximate surface area is 87.5 Å². The van der Waals surface area contributed by atoms with Crippen molar-refractivity contribution >= 4 is 5.69 Å². The Balaban J connectivity index is 2.41. The molecule has 0 unspecified atom stereocenters. The van der Waals surface area contributed by atoms with Gasteiger partial charge in [0.1, 0.15) is 0 Å². The second kappa shape index (κ2) is 6.47. The SMILES string of the molecule is CCCCCCc1ccccc1NC. The normalized spacial score (nSPS) is 10.1. The monoisotopic (exact) mass is 191 g/mol. The average Bonchev–Trinajstić information content (AvgIpc) is 2.25. The molecule has 1 rings (SSSR count). The third kappa shape index (κ3) is 3.41. The molecule has 0 aliphatic rings. The summed E-state index contributed by atoms with van der Waals surface area (Å²) in [5.74, 6) is 0. The minimum absolute atomic E-state index is 1.21. The molecule has 0 aliphatic heterocycles. The van der Waals surface area contributed by atoms with Crippen LogP contribution in [0.1, 0.15) is 38.2 Å². The minimum atomic E-state index is 1.21. The van der Waals surface area contributed by atoms with Crippen LogP contribution >= 0.6 is 0 Å². The first-order valence-corrected chi connectivity index (χ1v) is 5.64. The van der Waals surface area contributed by atoms with Crippen LogP contribution in [0.4, 0.5) is 5.69 Å². The van der Waals surface area contributed by atoms with E-state index in [0.29, 0.717) is 0 Å². The molecule has 0 aliphatic carbocycles. The van der Waals surface area contributed by atoms with Gasteiger partial charge < -0.3 is 5.32 Å². The van der Waals surface area contributed by atoms with E-state index < -0.39 is 0 Å². The Morgan fingerprint density at radius 3 is 2.57 bits per heavy atom. The van der Waals surface area contributed by atoms with Gasteiger partial charge in [0.05, 0.1) is 0 Å². The standard InChI is InChI=1S/C13H21N/c1-3-4-5-6-9-12-10-7-8-11-13(12)14-2/h7-8,10-11,14H,3-6,9H2,1-2H3. The van der Waals surface area contributed by atoms with Crippen LogP contribution in [0.5, 0.6) is 0 Å². The highest BCUT2D eigenvalue weighted by Gasteiger charge is 1.98. The maximum atomic E-state index is 3.24. The summed E-state index contributed by atoms with van der Waals surface area (Å²) in [7, 11) is 1.99. The van der Waals surface area contributed by atoms with Crippen molar-refractivity contribution in [1.82, 2.24) is 0 Å². The van der Waals surface area contributed by atoms with Crippen molar-refractivity contribution in [3.63, 3.8) is 0 Å². The van der Waals surface area contributed by atoms with Gasteiger partial charge in [0.25, 0.3) is 0 Å². The molecule has 0 spiro atoms. The minimum Gasteiger partial charge on any atom is -0.388 e. The summed E-state index contributed by atoms with van der Waals surface area (Å²) in [5, 5.41) is 3.24. The van der Waals surface area contributed by atoms with Crippen LogP contribution in [0.15, 0.2) is 24.3 Å². The molecule has 14 heavy (non-hydrogen) atoms. The van der Waals surface area contributed by atoms with E-state index in [0.717, 1.165) is 0 Å². The lowest BCUT2D eigenvalue weighted by atomic mass is 10.0. The van der Waals surface area contributed by atoms with E-state index >= 15 is 0 Å². The predicted octanol–water partition coefficient (Wildman–Crippen LogP) is 3.85. The molecule has 0 atom stereocenters. The number of rotatable bonds is 6. The van der Waals surface area contributed by atoms with Gasteiger partial charge in [-0.1, -0.05) is 44.4 Å². The Hall–Kier alpha value is -0.980. The van der Waals surface area contributed by atoms with Crippen molar-refractivity contribution in [3.8, 4) is 0 Å². The van der Waals surface area contributed by atoms with E-state index in [2.05, 4.69) is 36.5 Å². The number of anilines is 1. The van der Waals surface area contributed by atoms with Crippen molar-refractivity contribution in [2.45, 2.75) is 39.0 Å². The smallest absolute Gasteiger partial charge is 0.0370 e. The summed E-state index contributed by atoms with van der Waals surface area (Å²) >= 11 is 0. The highest BCUT2D eigenvalue weighted by Crippen LogP contribution is 2.17. The third-order valence-corrected chi connectivity index (χ3v) is 2.59. The molecule has 0 saturated carbocycles. The Bertz CT molecular complexity index is 255. The summed E-state index contributed by atoms with van der Waals surface area (Å²) < 4.78 is 0. The number of benzene rings is 1. The fraction of sp³-hybridized carbons (Fsp3) is 0.538. The highest BCUT2D eigenvalue weighted by atomic mass is 14.8. The predicted molar refractivity (Wildman–Crippen MR) is 63.8 cm³/mol. The summed E-state index contributed by atoms with van der Waals surface area (Å²) in [6.07, 6.45) is 6.55. The molecule has 0 aromatic heterocycles. The Morgan fingerprint density at radius 1 is 1.07 bits per heavy atom. The molecule has 1 aromatic rings. The number of hydrogen-bond acceptors (Lipinski definition) is 1. The van der Waals surface area contributed by atoms with Gasteiger partial charge in [-0.15, -0.1) is 0 Å². The second-order valence-corrected chi connectivity index (χ2v) is 3.72. The zero-order chi connectivity index (χ0) is 10.2. The van der Waals surface area contributed by atoms with Crippen LogP contribution in [0.2, 0.25) is 0 Å². The van der Waals surface area contributed by atoms with E-state index in [1.54, 1.807) is 0 Å². The van der Waals surface area contributed by atoms with Crippen LogP contribution in [0, 0.1) is 0 Å². The number of hydrogen-bond donors (Lipinski definition) is 1. The van der Waals surface area contributed by atoms with Crippen LogP contribution in [-0.4, -0.2) is 7.05 Å². The first kappa shape index (κ1) is 11.1. The van der Waals surface area contributed by atoms with Crippen molar-refractivity contribution in [3.05, 3.63) is 29.8 Å². The molecule has 1 aromatic carbocycles. The zero-order valence-corrected chi connectivity index (χ0v) is 9.34. The molecule has 0 heterocycles. The first-order valence-electron chi connectivity index (χ1n) is 5.64. The van der Waals surface area contributed by atoms with Gasteiger partial charge in [-0.2, -0.15) is 0 Å². The van der Waals surface area contributed by atoms with Gasteiger partial charge in [0.15, 0.2) is 0 Å². The van der Waals surface area contributed by atoms with Gasteiger partial charge in [-0.05, 0) is 24.5 Å². The summed E-state index contributed by atoms with van der Waals surface area (Å²) in [5.41, 5.74) is 2.73. The second-order valence-electron chi connectivity index (χ2n) is 3.72. The lowest BCUT2D eigenvalue weighted by molar-refractivity contribution is 0.667. The molecule has 1 N–H and O–H groups in total. The van der Waals surface area contributed by atoms with E-state index in [1.807, 2.05) is 7.05 Å². The van der Waals surface area contributed by atoms with Gasteiger partial charge in [0.2, 0.25) is 0 Å². The van der Waals surface area contributed by atoms with Crippen LogP contribution in [0.3, 0.4) is 0 Å². The van der Waals surface area contributed by atoms with Gasteiger partial charge in [0, 0.05) is 12.7 Å². The van der Waals surface area contributed by atoms with Crippen LogP contribution in [-0.2, 0) is 6.42 Å². The van der Waals surface area contributed by atoms with E-state index in [4.69, 9.17) is 0 Å². The quantitative estimate of drug-likeness (QED) is 0.673. The lowest BCUT2D eigenvalue weighted by Crippen LogP contribution is -1.95. The first-order chi connectivity index (χ1) is 6.88. The van der Waals surface area contributed by atoms with Crippen molar-refractivity contribution < 1.29 is 0 Å².